The fourth-order valence-corrected chi connectivity index (χ4v) is 2.23. The van der Waals surface area contributed by atoms with Gasteiger partial charge in [0.15, 0.2) is 11.5 Å². The molecule has 0 bridgehead atoms. The van der Waals surface area contributed by atoms with Crippen LogP contribution >= 0.6 is 0 Å². The minimum Gasteiger partial charge on any atom is -0.482 e. The second kappa shape index (κ2) is 6.49. The van der Waals surface area contributed by atoms with E-state index in [1.165, 1.54) is 0 Å². The molecule has 2 aromatic rings. The Hall–Kier alpha value is -2.53. The number of amides is 1. The molecule has 0 aromatic heterocycles. The third kappa shape index (κ3) is 3.20. The highest BCUT2D eigenvalue weighted by Gasteiger charge is 2.34. The molecule has 2 atom stereocenters. The van der Waals surface area contributed by atoms with Crippen molar-refractivity contribution in [2.24, 2.45) is 0 Å². The van der Waals surface area contributed by atoms with Gasteiger partial charge in [-0.1, -0.05) is 42.5 Å². The van der Waals surface area contributed by atoms with Gasteiger partial charge in [-0.15, -0.1) is 0 Å². The van der Waals surface area contributed by atoms with Crippen LogP contribution in [0.5, 0.6) is 11.5 Å². The van der Waals surface area contributed by atoms with Crippen LogP contribution in [0.2, 0.25) is 0 Å². The Morgan fingerprint density at radius 1 is 1.05 bits per heavy atom. The molecule has 1 N–H and O–H groups in total. The normalized spacial score (nSPS) is 19.5. The Bertz CT molecular complexity index is 644. The number of hydroxylamine groups is 1. The van der Waals surface area contributed by atoms with Crippen molar-refractivity contribution in [2.45, 2.75) is 25.7 Å². The van der Waals surface area contributed by atoms with Gasteiger partial charge in [-0.25, -0.2) is 5.48 Å². The maximum atomic E-state index is 12.2. The van der Waals surface area contributed by atoms with E-state index in [1.807, 2.05) is 48.5 Å². The summed E-state index contributed by atoms with van der Waals surface area (Å²) in [6.07, 6.45) is -1.14. The fraction of sp³-hybridized carbons (Fsp3) is 0.235. The minimum absolute atomic E-state index is 0.297. The molecule has 2 aromatic carbocycles. The van der Waals surface area contributed by atoms with Crippen molar-refractivity contribution in [3.8, 4) is 11.5 Å². The molecule has 1 heterocycles. The molecule has 0 radical (unpaired) electrons. The Balaban J connectivity index is 1.56. The summed E-state index contributed by atoms with van der Waals surface area (Å²) in [4.78, 5) is 17.4. The maximum Gasteiger partial charge on any atom is 0.288 e. The summed E-state index contributed by atoms with van der Waals surface area (Å²) in [6, 6.07) is 16.9. The Morgan fingerprint density at radius 2 is 1.68 bits per heavy atom. The predicted octanol–water partition coefficient (Wildman–Crippen LogP) is 2.46. The standard InChI is InChI=1S/C17H17NO4/c1-12-16(22-15-10-6-5-9-14(15)21-12)17(19)18-20-11-13-7-3-2-4-8-13/h2-10,12,16H,11H2,1H3,(H,18,19)/t12-,16-/m0/s1. The molecule has 0 spiro atoms. The summed E-state index contributed by atoms with van der Waals surface area (Å²) >= 11 is 0. The summed E-state index contributed by atoms with van der Waals surface area (Å²) in [6.45, 7) is 2.09. The molecular formula is C17H17NO4. The van der Waals surface area contributed by atoms with Gasteiger partial charge in [0.2, 0.25) is 6.10 Å². The average Bonchev–Trinajstić information content (AvgIpc) is 2.55. The van der Waals surface area contributed by atoms with Crippen LogP contribution in [0.3, 0.4) is 0 Å². The van der Waals surface area contributed by atoms with Crippen LogP contribution in [0.1, 0.15) is 12.5 Å². The molecule has 0 saturated carbocycles. The van der Waals surface area contributed by atoms with E-state index in [9.17, 15) is 4.79 Å². The summed E-state index contributed by atoms with van der Waals surface area (Å²) < 4.78 is 11.4. The molecule has 1 aliphatic heterocycles. The van der Waals surface area contributed by atoms with Crippen molar-refractivity contribution in [1.82, 2.24) is 5.48 Å². The van der Waals surface area contributed by atoms with Crippen LogP contribution in [-0.4, -0.2) is 18.1 Å². The summed E-state index contributed by atoms with van der Waals surface area (Å²) in [5.41, 5.74) is 3.39. The van der Waals surface area contributed by atoms with Crippen LogP contribution in [0.25, 0.3) is 0 Å². The number of para-hydroxylation sites is 2. The molecule has 0 fully saturated rings. The first-order valence-electron chi connectivity index (χ1n) is 7.12. The first-order valence-corrected chi connectivity index (χ1v) is 7.12. The topological polar surface area (TPSA) is 56.8 Å². The van der Waals surface area contributed by atoms with Gasteiger partial charge in [-0.3, -0.25) is 9.63 Å². The molecule has 3 rings (SSSR count). The minimum atomic E-state index is -0.745. The molecule has 22 heavy (non-hydrogen) atoms. The van der Waals surface area contributed by atoms with Crippen molar-refractivity contribution in [2.75, 3.05) is 0 Å². The Kier molecular flexibility index (Phi) is 4.25. The number of ether oxygens (including phenoxy) is 2. The van der Waals surface area contributed by atoms with E-state index in [0.29, 0.717) is 18.1 Å². The third-order valence-electron chi connectivity index (χ3n) is 3.36. The second-order valence-electron chi connectivity index (χ2n) is 5.05. The van der Waals surface area contributed by atoms with Crippen LogP contribution in [0.4, 0.5) is 0 Å². The van der Waals surface area contributed by atoms with Gasteiger partial charge in [0.1, 0.15) is 6.10 Å². The van der Waals surface area contributed by atoms with Crippen LogP contribution in [0, 0.1) is 0 Å². The molecule has 5 nitrogen and oxygen atoms in total. The summed E-state index contributed by atoms with van der Waals surface area (Å²) in [7, 11) is 0. The van der Waals surface area contributed by atoms with E-state index in [-0.39, 0.29) is 5.91 Å². The highest BCUT2D eigenvalue weighted by Crippen LogP contribution is 2.33. The lowest BCUT2D eigenvalue weighted by Gasteiger charge is -2.30. The molecule has 0 saturated heterocycles. The molecule has 1 aliphatic rings. The van der Waals surface area contributed by atoms with Gasteiger partial charge in [0.05, 0.1) is 6.61 Å². The smallest absolute Gasteiger partial charge is 0.288 e. The maximum absolute atomic E-state index is 12.2. The van der Waals surface area contributed by atoms with E-state index >= 15 is 0 Å². The first kappa shape index (κ1) is 14.4. The zero-order valence-corrected chi connectivity index (χ0v) is 12.2. The number of benzene rings is 2. The average molecular weight is 299 g/mol. The Morgan fingerprint density at radius 3 is 2.41 bits per heavy atom. The molecule has 114 valence electrons. The van der Waals surface area contributed by atoms with Crippen molar-refractivity contribution in [1.29, 1.82) is 0 Å². The van der Waals surface area contributed by atoms with Crippen molar-refractivity contribution in [3.05, 3.63) is 60.2 Å². The van der Waals surface area contributed by atoms with Crippen LogP contribution in [0.15, 0.2) is 54.6 Å². The summed E-state index contributed by atoms with van der Waals surface area (Å²) in [5.74, 6) is 0.839. The highest BCUT2D eigenvalue weighted by molar-refractivity contribution is 5.81. The zero-order chi connectivity index (χ0) is 15.4. The van der Waals surface area contributed by atoms with Crippen molar-refractivity contribution in [3.63, 3.8) is 0 Å². The van der Waals surface area contributed by atoms with E-state index in [4.69, 9.17) is 14.3 Å². The lowest BCUT2D eigenvalue weighted by atomic mass is 10.1. The van der Waals surface area contributed by atoms with E-state index in [0.717, 1.165) is 5.56 Å². The zero-order valence-electron chi connectivity index (χ0n) is 12.2. The number of rotatable bonds is 4. The third-order valence-corrected chi connectivity index (χ3v) is 3.36. The number of hydrogen-bond donors (Lipinski definition) is 1. The lowest BCUT2D eigenvalue weighted by molar-refractivity contribution is -0.147. The molecule has 5 heteroatoms. The van der Waals surface area contributed by atoms with Crippen molar-refractivity contribution < 1.29 is 19.1 Å². The van der Waals surface area contributed by atoms with E-state index in [2.05, 4.69) is 5.48 Å². The number of carbonyl (C=O) groups is 1. The molecular weight excluding hydrogens is 282 g/mol. The monoisotopic (exact) mass is 299 g/mol. The lowest BCUT2D eigenvalue weighted by Crippen LogP contribution is -2.48. The van der Waals surface area contributed by atoms with Crippen LogP contribution < -0.4 is 15.0 Å². The van der Waals surface area contributed by atoms with Gasteiger partial charge in [0, 0.05) is 0 Å². The SMILES string of the molecule is C[C@@H]1Oc2ccccc2O[C@@H]1C(=O)NOCc1ccccc1. The number of hydrogen-bond acceptors (Lipinski definition) is 4. The van der Waals surface area contributed by atoms with E-state index < -0.39 is 12.2 Å². The first-order chi connectivity index (χ1) is 10.7. The molecule has 0 aliphatic carbocycles. The van der Waals surface area contributed by atoms with Gasteiger partial charge in [-0.05, 0) is 24.6 Å². The molecule has 1 amide bonds. The van der Waals surface area contributed by atoms with Gasteiger partial charge in [0.25, 0.3) is 5.91 Å². The largest absolute Gasteiger partial charge is 0.482 e. The number of nitrogens with one attached hydrogen (secondary N) is 1. The predicted molar refractivity (Wildman–Crippen MR) is 80.3 cm³/mol. The quantitative estimate of drug-likeness (QED) is 0.881. The molecule has 0 unspecified atom stereocenters. The van der Waals surface area contributed by atoms with Gasteiger partial charge >= 0.3 is 0 Å². The Labute approximate surface area is 128 Å². The van der Waals surface area contributed by atoms with Crippen LogP contribution in [-0.2, 0) is 16.2 Å². The number of fused-ring (bicyclic) bond motifs is 1. The van der Waals surface area contributed by atoms with Gasteiger partial charge in [-0.2, -0.15) is 0 Å². The van der Waals surface area contributed by atoms with Crippen molar-refractivity contribution >= 4 is 5.91 Å². The summed E-state index contributed by atoms with van der Waals surface area (Å²) in [5, 5.41) is 0. The highest BCUT2D eigenvalue weighted by atomic mass is 16.7. The second-order valence-corrected chi connectivity index (χ2v) is 5.05. The van der Waals surface area contributed by atoms with E-state index in [1.54, 1.807) is 13.0 Å². The fourth-order valence-electron chi connectivity index (χ4n) is 2.23. The number of carbonyl (C=O) groups excluding carboxylic acids is 1. The van der Waals surface area contributed by atoms with Gasteiger partial charge < -0.3 is 9.47 Å².